The molecule has 1 rings (SSSR count). The van der Waals surface area contributed by atoms with Crippen molar-refractivity contribution in [2.75, 3.05) is 13.1 Å². The molecular weight excluding hydrogens is 552 g/mol. The summed E-state index contributed by atoms with van der Waals surface area (Å²) in [4.78, 5) is 69.5. The van der Waals surface area contributed by atoms with Crippen molar-refractivity contribution in [2.24, 2.45) is 38.7 Å². The number of carboxylic acids is 2. The standard InChI is InChI=1S/C25H40N10O7/c26-15(13-19(36)37)20(38)33-16(8-4-10-31-24(27)28)21(39)34-17(9-5-11-32-25(29)30)22(40)35-18(23(41)42)12-14-6-2-1-3-7-14/h1-3,6-7,15-18H,4-5,8-13,26H2,(H,33,38)(H,34,39)(H,35,40)(H,36,37)(H,41,42)(H4,27,28,31)(H4,29,30,32). The maximum absolute atomic E-state index is 13.3. The zero-order valence-corrected chi connectivity index (χ0v) is 23.1. The molecule has 0 saturated carbocycles. The van der Waals surface area contributed by atoms with Gasteiger partial charge in [-0.15, -0.1) is 0 Å². The zero-order valence-electron chi connectivity index (χ0n) is 23.1. The Morgan fingerprint density at radius 1 is 0.714 bits per heavy atom. The summed E-state index contributed by atoms with van der Waals surface area (Å²) in [6, 6.07) is 3.40. The van der Waals surface area contributed by atoms with Crippen LogP contribution in [0.25, 0.3) is 0 Å². The Morgan fingerprint density at radius 2 is 1.17 bits per heavy atom. The van der Waals surface area contributed by atoms with Crippen molar-refractivity contribution >= 4 is 41.6 Å². The Kier molecular flexibility index (Phi) is 15.4. The quantitative estimate of drug-likeness (QED) is 0.0428. The highest BCUT2D eigenvalue weighted by molar-refractivity contribution is 5.94. The lowest BCUT2D eigenvalue weighted by atomic mass is 10.0. The fourth-order valence-electron chi connectivity index (χ4n) is 3.70. The molecule has 0 radical (unpaired) electrons. The van der Waals surface area contributed by atoms with E-state index in [0.717, 1.165) is 0 Å². The van der Waals surface area contributed by atoms with Gasteiger partial charge in [-0.3, -0.25) is 29.2 Å². The second-order valence-electron chi connectivity index (χ2n) is 9.31. The first-order chi connectivity index (χ1) is 19.8. The number of carbonyl (C=O) groups excluding carboxylic acids is 3. The lowest BCUT2D eigenvalue weighted by Gasteiger charge is -2.25. The highest BCUT2D eigenvalue weighted by Crippen LogP contribution is 2.07. The van der Waals surface area contributed by atoms with Crippen LogP contribution in [0, 0.1) is 0 Å². The van der Waals surface area contributed by atoms with E-state index >= 15 is 0 Å². The second-order valence-corrected chi connectivity index (χ2v) is 9.31. The van der Waals surface area contributed by atoms with Crippen LogP contribution >= 0.6 is 0 Å². The molecule has 1 aromatic rings. The molecule has 1 aromatic carbocycles. The lowest BCUT2D eigenvalue weighted by molar-refractivity contribution is -0.142. The van der Waals surface area contributed by atoms with Crippen LogP contribution in [0.4, 0.5) is 0 Å². The van der Waals surface area contributed by atoms with Gasteiger partial charge in [0, 0.05) is 19.5 Å². The number of rotatable bonds is 19. The number of amides is 3. The van der Waals surface area contributed by atoms with Crippen LogP contribution in [0.15, 0.2) is 40.3 Å². The van der Waals surface area contributed by atoms with Crippen molar-refractivity contribution in [2.45, 2.75) is 62.7 Å². The van der Waals surface area contributed by atoms with Crippen molar-refractivity contribution in [1.82, 2.24) is 16.0 Å². The number of guanidine groups is 2. The van der Waals surface area contributed by atoms with E-state index in [1.807, 2.05) is 0 Å². The van der Waals surface area contributed by atoms with Gasteiger partial charge < -0.3 is 54.8 Å². The monoisotopic (exact) mass is 592 g/mol. The molecule has 0 aliphatic carbocycles. The maximum atomic E-state index is 13.3. The van der Waals surface area contributed by atoms with Gasteiger partial charge in [0.1, 0.15) is 18.1 Å². The summed E-state index contributed by atoms with van der Waals surface area (Å²) in [7, 11) is 0. The van der Waals surface area contributed by atoms with E-state index in [9.17, 15) is 29.1 Å². The molecule has 0 fully saturated rings. The number of carboxylic acid groups (broad SMARTS) is 2. The summed E-state index contributed by atoms with van der Waals surface area (Å²) in [6.07, 6.45) is -0.216. The van der Waals surface area contributed by atoms with E-state index in [-0.39, 0.29) is 57.1 Å². The number of nitrogens with zero attached hydrogens (tertiary/aromatic N) is 2. The Bertz CT molecular complexity index is 1120. The Balaban J connectivity index is 3.13. The van der Waals surface area contributed by atoms with Crippen LogP contribution in [-0.4, -0.2) is 89.0 Å². The van der Waals surface area contributed by atoms with Crippen molar-refractivity contribution in [3.8, 4) is 0 Å². The van der Waals surface area contributed by atoms with Crippen molar-refractivity contribution < 1.29 is 34.2 Å². The van der Waals surface area contributed by atoms with Crippen molar-refractivity contribution in [3.05, 3.63) is 35.9 Å². The molecule has 0 bridgehead atoms. The van der Waals surface area contributed by atoms with E-state index in [1.165, 1.54) is 0 Å². The van der Waals surface area contributed by atoms with Gasteiger partial charge in [-0.2, -0.15) is 0 Å². The number of carbonyl (C=O) groups is 5. The Labute approximate surface area is 242 Å². The first-order valence-corrected chi connectivity index (χ1v) is 13.1. The molecule has 17 nitrogen and oxygen atoms in total. The topological polar surface area (TPSA) is 317 Å². The first kappa shape index (κ1) is 35.1. The molecule has 15 N–H and O–H groups in total. The number of benzene rings is 1. The second kappa shape index (κ2) is 18.4. The molecule has 17 heteroatoms. The van der Waals surface area contributed by atoms with Crippen LogP contribution in [0.3, 0.4) is 0 Å². The number of aliphatic imine (C=N–C) groups is 2. The van der Waals surface area contributed by atoms with Gasteiger partial charge in [-0.1, -0.05) is 30.3 Å². The van der Waals surface area contributed by atoms with Crippen LogP contribution in [0.1, 0.15) is 37.7 Å². The number of nitrogens with one attached hydrogen (secondary N) is 3. The molecular formula is C25H40N10O7. The van der Waals surface area contributed by atoms with E-state index < -0.39 is 60.2 Å². The summed E-state index contributed by atoms with van der Waals surface area (Å²) >= 11 is 0. The minimum absolute atomic E-state index is 0.00222. The third kappa shape index (κ3) is 14.5. The molecule has 0 spiro atoms. The van der Waals surface area contributed by atoms with E-state index in [2.05, 4.69) is 25.9 Å². The molecule has 4 atom stereocenters. The van der Waals surface area contributed by atoms with Crippen LogP contribution in [-0.2, 0) is 30.4 Å². The van der Waals surface area contributed by atoms with Crippen LogP contribution in [0.2, 0.25) is 0 Å². The Hall–Kier alpha value is -4.93. The smallest absolute Gasteiger partial charge is 0.326 e. The van der Waals surface area contributed by atoms with Gasteiger partial charge in [0.15, 0.2) is 11.9 Å². The summed E-state index contributed by atoms with van der Waals surface area (Å²) < 4.78 is 0. The lowest BCUT2D eigenvalue weighted by Crippen LogP contribution is -2.57. The molecule has 0 saturated heterocycles. The highest BCUT2D eigenvalue weighted by atomic mass is 16.4. The van der Waals surface area contributed by atoms with E-state index in [4.69, 9.17) is 33.8 Å². The number of hydrogen-bond donors (Lipinski definition) is 10. The van der Waals surface area contributed by atoms with Crippen molar-refractivity contribution in [3.63, 3.8) is 0 Å². The summed E-state index contributed by atoms with van der Waals surface area (Å²) in [6.45, 7) is 0.239. The average Bonchev–Trinajstić information content (AvgIpc) is 2.91. The maximum Gasteiger partial charge on any atom is 0.326 e. The molecule has 0 aliphatic rings. The first-order valence-electron chi connectivity index (χ1n) is 13.1. The third-order valence-corrected chi connectivity index (χ3v) is 5.79. The fourth-order valence-corrected chi connectivity index (χ4v) is 3.70. The van der Waals surface area contributed by atoms with Gasteiger partial charge in [0.2, 0.25) is 17.7 Å². The van der Waals surface area contributed by atoms with E-state index in [0.29, 0.717) is 5.56 Å². The molecule has 232 valence electrons. The predicted molar refractivity (Wildman–Crippen MR) is 154 cm³/mol. The average molecular weight is 593 g/mol. The SMILES string of the molecule is NC(N)=NCCCC(NC(=O)C(N)CC(=O)O)C(=O)NC(CCCN=C(N)N)C(=O)NC(Cc1ccccc1)C(=O)O. The number of hydrogen-bond acceptors (Lipinski definition) is 8. The molecule has 42 heavy (non-hydrogen) atoms. The molecule has 0 aromatic heterocycles. The van der Waals surface area contributed by atoms with Gasteiger partial charge in [-0.25, -0.2) is 4.79 Å². The van der Waals surface area contributed by atoms with Crippen LogP contribution < -0.4 is 44.6 Å². The minimum atomic E-state index is -1.44. The number of nitrogens with two attached hydrogens (primary N) is 5. The normalized spacial score (nSPS) is 13.4. The third-order valence-electron chi connectivity index (χ3n) is 5.79. The van der Waals surface area contributed by atoms with Gasteiger partial charge in [0.25, 0.3) is 0 Å². The zero-order chi connectivity index (χ0) is 31.7. The van der Waals surface area contributed by atoms with Gasteiger partial charge in [0.05, 0.1) is 12.5 Å². The number of aliphatic carboxylic acids is 2. The van der Waals surface area contributed by atoms with Crippen molar-refractivity contribution in [1.29, 1.82) is 0 Å². The highest BCUT2D eigenvalue weighted by Gasteiger charge is 2.30. The molecule has 0 heterocycles. The summed E-state index contributed by atoms with van der Waals surface area (Å²) in [5.41, 5.74) is 27.6. The van der Waals surface area contributed by atoms with Gasteiger partial charge in [-0.05, 0) is 31.2 Å². The van der Waals surface area contributed by atoms with E-state index in [1.54, 1.807) is 30.3 Å². The molecule has 3 amide bonds. The summed E-state index contributed by atoms with van der Waals surface area (Å²) in [5.74, 6) is -5.43. The fraction of sp³-hybridized carbons (Fsp3) is 0.480. The summed E-state index contributed by atoms with van der Waals surface area (Å²) in [5, 5.41) is 26.0. The van der Waals surface area contributed by atoms with Crippen LogP contribution in [0.5, 0.6) is 0 Å². The minimum Gasteiger partial charge on any atom is -0.481 e. The largest absolute Gasteiger partial charge is 0.481 e. The predicted octanol–water partition coefficient (Wildman–Crippen LogP) is -3.32. The van der Waals surface area contributed by atoms with Gasteiger partial charge >= 0.3 is 11.9 Å². The molecule has 4 unspecified atom stereocenters. The Morgan fingerprint density at radius 3 is 1.60 bits per heavy atom. The molecule has 0 aliphatic heterocycles.